The summed E-state index contributed by atoms with van der Waals surface area (Å²) in [6, 6.07) is 18.5. The Morgan fingerprint density at radius 2 is 1.86 bits per heavy atom. The van der Waals surface area contributed by atoms with Gasteiger partial charge in [-0.3, -0.25) is 15.3 Å². The van der Waals surface area contributed by atoms with E-state index in [1.54, 1.807) is 42.6 Å². The first-order valence-corrected chi connectivity index (χ1v) is 12.5. The van der Waals surface area contributed by atoms with Gasteiger partial charge in [0.2, 0.25) is 10.0 Å². The Morgan fingerprint density at radius 3 is 2.49 bits per heavy atom. The van der Waals surface area contributed by atoms with Crippen molar-refractivity contribution in [3.05, 3.63) is 102 Å². The predicted molar refractivity (Wildman–Crippen MR) is 126 cm³/mol. The minimum absolute atomic E-state index is 0.0347. The smallest absolute Gasteiger partial charge is 0.406 e. The maximum atomic E-state index is 12.9. The van der Waals surface area contributed by atoms with Gasteiger partial charge in [0.1, 0.15) is 5.75 Å². The minimum Gasteiger partial charge on any atom is -0.406 e. The second-order valence-corrected chi connectivity index (χ2v) is 9.89. The summed E-state index contributed by atoms with van der Waals surface area (Å²) < 4.78 is 67.9. The molecule has 2 heterocycles. The fourth-order valence-corrected chi connectivity index (χ4v) is 5.04. The molecule has 0 spiro atoms. The number of halogens is 3. The highest BCUT2D eigenvalue weighted by atomic mass is 32.2. The van der Waals surface area contributed by atoms with E-state index >= 15 is 0 Å². The van der Waals surface area contributed by atoms with Crippen molar-refractivity contribution < 1.29 is 31.2 Å². The molecule has 1 aliphatic heterocycles. The number of rotatable bonds is 8. The van der Waals surface area contributed by atoms with Crippen molar-refractivity contribution in [3.63, 3.8) is 0 Å². The molecule has 0 saturated heterocycles. The second kappa shape index (κ2) is 11.0. The van der Waals surface area contributed by atoms with E-state index in [9.17, 15) is 26.9 Å². The first-order valence-electron chi connectivity index (χ1n) is 11.0. The molecule has 1 unspecified atom stereocenters. The molecule has 12 heteroatoms. The van der Waals surface area contributed by atoms with Crippen molar-refractivity contribution >= 4 is 10.0 Å². The molecule has 0 aliphatic carbocycles. The predicted octanol–water partition coefficient (Wildman–Crippen LogP) is 4.44. The molecule has 37 heavy (non-hydrogen) atoms. The van der Waals surface area contributed by atoms with E-state index < -0.39 is 28.2 Å². The third-order valence-electron chi connectivity index (χ3n) is 5.45. The van der Waals surface area contributed by atoms with Crippen molar-refractivity contribution in [2.75, 3.05) is 13.1 Å². The first kappa shape index (κ1) is 26.2. The number of pyridine rings is 1. The molecule has 2 aromatic carbocycles. The Bertz CT molecular complexity index is 1410. The number of hydrogen-bond donors (Lipinski definition) is 1. The van der Waals surface area contributed by atoms with Gasteiger partial charge in [-0.05, 0) is 60.2 Å². The third kappa shape index (κ3) is 6.65. The van der Waals surface area contributed by atoms with Crippen LogP contribution in [0.5, 0.6) is 5.75 Å². The summed E-state index contributed by atoms with van der Waals surface area (Å²) in [5, 5.41) is 9.24. The number of hydrogen-bond acceptors (Lipinski definition) is 7. The third-order valence-corrected chi connectivity index (χ3v) is 7.33. The Kier molecular flexibility index (Phi) is 7.77. The number of ether oxygens (including phenoxy) is 1. The summed E-state index contributed by atoms with van der Waals surface area (Å²) in [5.41, 5.74) is 5.34. The van der Waals surface area contributed by atoms with Crippen molar-refractivity contribution in [2.24, 2.45) is 0 Å². The lowest BCUT2D eigenvalue weighted by Crippen LogP contribution is -2.37. The van der Waals surface area contributed by atoms with Crippen LogP contribution in [0.1, 0.15) is 29.3 Å². The lowest BCUT2D eigenvalue weighted by molar-refractivity contribution is -0.274. The van der Waals surface area contributed by atoms with E-state index in [-0.39, 0.29) is 18.0 Å². The standard InChI is InChI=1S/C25H21F3N4O4S/c26-25(27,28)35-21-7-9-22(10-8-21)37(33,34)32-14-11-20(12-15-32)31-36-24(23-6-1-2-13-30-23)19-5-3-4-18(16-19)17-29/h1-11,13,16,24,31H,12,14-15H2. The van der Waals surface area contributed by atoms with E-state index in [4.69, 9.17) is 4.84 Å². The largest absolute Gasteiger partial charge is 0.573 e. The maximum absolute atomic E-state index is 12.9. The fourth-order valence-electron chi connectivity index (χ4n) is 3.66. The lowest BCUT2D eigenvalue weighted by Gasteiger charge is -2.27. The van der Waals surface area contributed by atoms with Gasteiger partial charge in [0.15, 0.2) is 6.10 Å². The molecule has 1 aromatic heterocycles. The molecule has 8 nitrogen and oxygen atoms in total. The molecule has 192 valence electrons. The van der Waals surface area contributed by atoms with Crippen LogP contribution in [0.4, 0.5) is 13.2 Å². The SMILES string of the molecule is N#Cc1cccc(C(ONC2=CCN(S(=O)(=O)c3ccc(OC(F)(F)F)cc3)CC2)c2ccccn2)c1. The molecule has 4 rings (SSSR count). The highest BCUT2D eigenvalue weighted by Gasteiger charge is 2.32. The van der Waals surface area contributed by atoms with Crippen LogP contribution in [0.3, 0.4) is 0 Å². The Hall–Kier alpha value is -3.92. The lowest BCUT2D eigenvalue weighted by atomic mass is 10.0. The second-order valence-electron chi connectivity index (χ2n) is 7.95. The number of benzene rings is 2. The molecular weight excluding hydrogens is 509 g/mol. The summed E-state index contributed by atoms with van der Waals surface area (Å²) in [4.78, 5) is 10.2. The molecule has 3 aromatic rings. The number of nitriles is 1. The van der Waals surface area contributed by atoms with Gasteiger partial charge < -0.3 is 4.74 Å². The number of nitrogens with zero attached hydrogens (tertiary/aromatic N) is 3. The topological polar surface area (TPSA) is 105 Å². The number of hydroxylamine groups is 1. The summed E-state index contributed by atoms with van der Waals surface area (Å²) in [6.45, 7) is 0.163. The van der Waals surface area contributed by atoms with E-state index in [2.05, 4.69) is 21.3 Å². The van der Waals surface area contributed by atoms with Crippen LogP contribution in [0.15, 0.2) is 89.6 Å². The van der Waals surface area contributed by atoms with Crippen LogP contribution < -0.4 is 10.2 Å². The zero-order chi connectivity index (χ0) is 26.5. The normalized spacial score (nSPS) is 15.4. The Morgan fingerprint density at radius 1 is 1.08 bits per heavy atom. The number of nitrogens with one attached hydrogen (secondary N) is 1. The monoisotopic (exact) mass is 530 g/mol. The molecule has 0 fully saturated rings. The molecule has 1 atom stereocenters. The molecule has 1 N–H and O–H groups in total. The molecule has 0 saturated carbocycles. The van der Waals surface area contributed by atoms with Crippen LogP contribution in [-0.2, 0) is 14.9 Å². The highest BCUT2D eigenvalue weighted by Crippen LogP contribution is 2.27. The average Bonchev–Trinajstić information content (AvgIpc) is 2.89. The average molecular weight is 531 g/mol. The first-order chi connectivity index (χ1) is 17.7. The molecular formula is C25H21F3N4O4S. The summed E-state index contributed by atoms with van der Waals surface area (Å²) in [5.74, 6) is -0.503. The zero-order valence-electron chi connectivity index (χ0n) is 19.2. The van der Waals surface area contributed by atoms with Crippen molar-refractivity contribution in [1.82, 2.24) is 14.8 Å². The fraction of sp³-hybridized carbons (Fsp3) is 0.200. The van der Waals surface area contributed by atoms with Crippen molar-refractivity contribution in [2.45, 2.75) is 23.8 Å². The van der Waals surface area contributed by atoms with Crippen LogP contribution in [0, 0.1) is 11.3 Å². The summed E-state index contributed by atoms with van der Waals surface area (Å²) >= 11 is 0. The summed E-state index contributed by atoms with van der Waals surface area (Å²) in [7, 11) is -3.93. The van der Waals surface area contributed by atoms with Crippen molar-refractivity contribution in [1.29, 1.82) is 5.26 Å². The van der Waals surface area contributed by atoms with E-state index in [1.807, 2.05) is 12.1 Å². The van der Waals surface area contributed by atoms with Gasteiger partial charge in [-0.15, -0.1) is 13.2 Å². The summed E-state index contributed by atoms with van der Waals surface area (Å²) in [6.07, 6.45) is -1.90. The van der Waals surface area contributed by atoms with Gasteiger partial charge in [-0.25, -0.2) is 8.42 Å². The minimum atomic E-state index is -4.86. The maximum Gasteiger partial charge on any atom is 0.573 e. The van der Waals surface area contributed by atoms with Gasteiger partial charge in [-0.1, -0.05) is 18.2 Å². The number of aromatic nitrogens is 1. The van der Waals surface area contributed by atoms with Gasteiger partial charge in [0.05, 0.1) is 22.2 Å². The van der Waals surface area contributed by atoms with Gasteiger partial charge in [-0.2, -0.15) is 9.57 Å². The molecule has 0 bridgehead atoms. The van der Waals surface area contributed by atoms with Gasteiger partial charge >= 0.3 is 6.36 Å². The Labute approximate surface area is 211 Å². The highest BCUT2D eigenvalue weighted by molar-refractivity contribution is 7.89. The quantitative estimate of drug-likeness (QED) is 0.430. The zero-order valence-corrected chi connectivity index (χ0v) is 20.0. The van der Waals surface area contributed by atoms with Crippen LogP contribution in [0.25, 0.3) is 0 Å². The Balaban J connectivity index is 1.43. The van der Waals surface area contributed by atoms with E-state index in [0.717, 1.165) is 24.3 Å². The van der Waals surface area contributed by atoms with Crippen LogP contribution >= 0.6 is 0 Å². The number of alkyl halides is 3. The molecule has 0 radical (unpaired) electrons. The number of sulfonamides is 1. The van der Waals surface area contributed by atoms with Gasteiger partial charge in [0, 0.05) is 31.4 Å². The van der Waals surface area contributed by atoms with Gasteiger partial charge in [0.25, 0.3) is 0 Å². The van der Waals surface area contributed by atoms with Crippen LogP contribution in [-0.4, -0.2) is 37.2 Å². The molecule has 1 aliphatic rings. The van der Waals surface area contributed by atoms with E-state index in [1.165, 1.54) is 4.31 Å². The van der Waals surface area contributed by atoms with Crippen molar-refractivity contribution in [3.8, 4) is 11.8 Å². The molecule has 0 amide bonds. The van der Waals surface area contributed by atoms with Crippen LogP contribution in [0.2, 0.25) is 0 Å². The van der Waals surface area contributed by atoms with E-state index in [0.29, 0.717) is 28.9 Å².